The number of allylic oxidation sites excluding steroid dienone is 1. The van der Waals surface area contributed by atoms with E-state index >= 15 is 0 Å². The number of rotatable bonds is 4. The van der Waals surface area contributed by atoms with Gasteiger partial charge in [0, 0.05) is 20.8 Å². The van der Waals surface area contributed by atoms with Gasteiger partial charge in [-0.25, -0.2) is 0 Å². The molecule has 96 valence electrons. The molecule has 0 unspecified atom stereocenters. The third-order valence-corrected chi connectivity index (χ3v) is 4.01. The quantitative estimate of drug-likeness (QED) is 0.361. The van der Waals surface area contributed by atoms with Crippen molar-refractivity contribution < 1.29 is 9.72 Å². The van der Waals surface area contributed by atoms with Crippen LogP contribution in [0.15, 0.2) is 46.3 Å². The molecule has 1 aromatic heterocycles. The van der Waals surface area contributed by atoms with Gasteiger partial charge in [0.2, 0.25) is 0 Å². The highest BCUT2D eigenvalue weighted by molar-refractivity contribution is 9.10. The van der Waals surface area contributed by atoms with E-state index < -0.39 is 4.92 Å². The van der Waals surface area contributed by atoms with Gasteiger partial charge >= 0.3 is 0 Å². The molecule has 0 saturated carbocycles. The molecule has 4 nitrogen and oxygen atoms in total. The van der Waals surface area contributed by atoms with Gasteiger partial charge < -0.3 is 0 Å². The Morgan fingerprint density at radius 1 is 1.37 bits per heavy atom. The topological polar surface area (TPSA) is 60.2 Å². The van der Waals surface area contributed by atoms with Gasteiger partial charge in [0.1, 0.15) is 0 Å². The average molecular weight is 338 g/mol. The van der Waals surface area contributed by atoms with E-state index in [0.29, 0.717) is 0 Å². The fourth-order valence-corrected chi connectivity index (χ4v) is 2.84. The summed E-state index contributed by atoms with van der Waals surface area (Å²) in [6.45, 7) is 0. The van der Waals surface area contributed by atoms with Crippen molar-refractivity contribution in [3.8, 4) is 0 Å². The van der Waals surface area contributed by atoms with E-state index in [1.165, 1.54) is 35.6 Å². The number of hydrogen-bond acceptors (Lipinski definition) is 4. The summed E-state index contributed by atoms with van der Waals surface area (Å²) < 4.78 is 0.940. The molecule has 0 aliphatic heterocycles. The Bertz CT molecular complexity index is 663. The first-order chi connectivity index (χ1) is 9.08. The molecule has 0 bridgehead atoms. The summed E-state index contributed by atoms with van der Waals surface area (Å²) in [5.74, 6) is -0.378. The number of hydrogen-bond donors (Lipinski definition) is 0. The van der Waals surface area contributed by atoms with Crippen LogP contribution < -0.4 is 0 Å². The summed E-state index contributed by atoms with van der Waals surface area (Å²) in [6, 6.07) is 7.79. The number of halogens is 1. The average Bonchev–Trinajstić information content (AvgIpc) is 2.81. The highest BCUT2D eigenvalue weighted by Gasteiger charge is 2.16. The highest BCUT2D eigenvalue weighted by atomic mass is 79.9. The van der Waals surface area contributed by atoms with Crippen molar-refractivity contribution in [3.05, 3.63) is 66.8 Å². The molecule has 19 heavy (non-hydrogen) atoms. The van der Waals surface area contributed by atoms with Gasteiger partial charge in [-0.15, -0.1) is 11.3 Å². The van der Waals surface area contributed by atoms with Crippen LogP contribution in [0, 0.1) is 10.1 Å². The maximum Gasteiger partial charge on any atom is 0.280 e. The molecule has 0 atom stereocenters. The van der Waals surface area contributed by atoms with Crippen LogP contribution in [0.1, 0.15) is 15.2 Å². The van der Waals surface area contributed by atoms with Crippen LogP contribution in [0.25, 0.3) is 6.08 Å². The van der Waals surface area contributed by atoms with Crippen molar-refractivity contribution >= 4 is 44.8 Å². The van der Waals surface area contributed by atoms with Gasteiger partial charge in [0.05, 0.1) is 10.5 Å². The largest absolute Gasteiger partial charge is 0.289 e. The van der Waals surface area contributed by atoms with E-state index in [1.54, 1.807) is 12.1 Å². The summed E-state index contributed by atoms with van der Waals surface area (Å²) >= 11 is 4.79. The summed E-state index contributed by atoms with van der Waals surface area (Å²) in [5.41, 5.74) is -0.0797. The SMILES string of the molecule is O=C(/C=C/c1cc(Br)cs1)c1ccccc1[N+](=O)[O-]. The van der Waals surface area contributed by atoms with Crippen LogP contribution >= 0.6 is 27.3 Å². The lowest BCUT2D eigenvalue weighted by Crippen LogP contribution is -2.00. The maximum atomic E-state index is 12.0. The first kappa shape index (κ1) is 13.6. The first-order valence-electron chi connectivity index (χ1n) is 5.28. The third kappa shape index (κ3) is 3.36. The molecule has 1 heterocycles. The number of carbonyl (C=O) groups excluding carboxylic acids is 1. The molecule has 0 aliphatic rings. The lowest BCUT2D eigenvalue weighted by Gasteiger charge is -1.97. The normalized spacial score (nSPS) is 10.8. The number of benzene rings is 1. The fraction of sp³-hybridized carbons (Fsp3) is 0. The molecule has 0 spiro atoms. The molecule has 0 fully saturated rings. The second-order valence-electron chi connectivity index (χ2n) is 3.64. The van der Waals surface area contributed by atoms with Gasteiger partial charge in [-0.05, 0) is 40.2 Å². The molecule has 0 amide bonds. The van der Waals surface area contributed by atoms with Crippen molar-refractivity contribution in [2.45, 2.75) is 0 Å². The van der Waals surface area contributed by atoms with Crippen LogP contribution in [-0.4, -0.2) is 10.7 Å². The molecular weight excluding hydrogens is 330 g/mol. The van der Waals surface area contributed by atoms with Crippen LogP contribution in [0.2, 0.25) is 0 Å². The number of ketones is 1. The van der Waals surface area contributed by atoms with Crippen molar-refractivity contribution in [2.24, 2.45) is 0 Å². The lowest BCUT2D eigenvalue weighted by molar-refractivity contribution is -0.385. The third-order valence-electron chi connectivity index (χ3n) is 2.35. The lowest BCUT2D eigenvalue weighted by atomic mass is 10.1. The smallest absolute Gasteiger partial charge is 0.280 e. The minimum absolute atomic E-state index is 0.0966. The minimum atomic E-state index is -0.553. The standard InChI is InChI=1S/C13H8BrNO3S/c14-9-7-10(19-8-9)5-6-13(16)11-3-1-2-4-12(11)15(17)18/h1-8H/b6-5+. The second kappa shape index (κ2) is 5.90. The summed E-state index contributed by atoms with van der Waals surface area (Å²) in [6.07, 6.45) is 3.00. The van der Waals surface area contributed by atoms with Crippen molar-refractivity contribution in [1.82, 2.24) is 0 Å². The van der Waals surface area contributed by atoms with Crippen molar-refractivity contribution in [2.75, 3.05) is 0 Å². The number of thiophene rings is 1. The van der Waals surface area contributed by atoms with Gasteiger partial charge in [0.25, 0.3) is 5.69 Å². The molecule has 0 N–H and O–H groups in total. The molecule has 2 aromatic rings. The number of para-hydroxylation sites is 1. The van der Waals surface area contributed by atoms with E-state index in [9.17, 15) is 14.9 Å². The zero-order chi connectivity index (χ0) is 13.8. The Labute approximate surface area is 121 Å². The highest BCUT2D eigenvalue weighted by Crippen LogP contribution is 2.22. The van der Waals surface area contributed by atoms with Crippen LogP contribution in [0.4, 0.5) is 5.69 Å². The summed E-state index contributed by atoms with van der Waals surface area (Å²) in [4.78, 5) is 23.1. The predicted molar refractivity (Wildman–Crippen MR) is 78.5 cm³/mol. The molecule has 0 saturated heterocycles. The Morgan fingerprint density at radius 2 is 2.11 bits per heavy atom. The molecule has 6 heteroatoms. The zero-order valence-electron chi connectivity index (χ0n) is 9.58. The van der Waals surface area contributed by atoms with Gasteiger partial charge in [0.15, 0.2) is 5.78 Å². The Kier molecular flexibility index (Phi) is 4.24. The first-order valence-corrected chi connectivity index (χ1v) is 6.95. The number of carbonyl (C=O) groups is 1. The second-order valence-corrected chi connectivity index (χ2v) is 5.50. The molecule has 2 rings (SSSR count). The van der Waals surface area contributed by atoms with E-state index in [0.717, 1.165) is 9.35 Å². The van der Waals surface area contributed by atoms with Crippen LogP contribution in [-0.2, 0) is 0 Å². The van der Waals surface area contributed by atoms with Gasteiger partial charge in [-0.3, -0.25) is 14.9 Å². The van der Waals surface area contributed by atoms with E-state index in [-0.39, 0.29) is 17.0 Å². The molecule has 1 aromatic carbocycles. The Hall–Kier alpha value is -1.79. The molecular formula is C13H8BrNO3S. The fourth-order valence-electron chi connectivity index (χ4n) is 1.50. The van der Waals surface area contributed by atoms with E-state index in [4.69, 9.17) is 0 Å². The van der Waals surface area contributed by atoms with Crippen molar-refractivity contribution in [1.29, 1.82) is 0 Å². The van der Waals surface area contributed by atoms with Gasteiger partial charge in [-0.1, -0.05) is 12.1 Å². The maximum absolute atomic E-state index is 12.0. The van der Waals surface area contributed by atoms with Crippen molar-refractivity contribution in [3.63, 3.8) is 0 Å². The molecule has 0 radical (unpaired) electrons. The van der Waals surface area contributed by atoms with E-state index in [1.807, 2.05) is 11.4 Å². The predicted octanol–water partition coefficient (Wildman–Crippen LogP) is 4.31. The van der Waals surface area contributed by atoms with E-state index in [2.05, 4.69) is 15.9 Å². The Balaban J connectivity index is 2.25. The molecule has 0 aliphatic carbocycles. The number of nitrogens with zero attached hydrogens (tertiary/aromatic N) is 1. The summed E-state index contributed by atoms with van der Waals surface area (Å²) in [5, 5.41) is 12.7. The zero-order valence-corrected chi connectivity index (χ0v) is 12.0. The Morgan fingerprint density at radius 3 is 2.74 bits per heavy atom. The minimum Gasteiger partial charge on any atom is -0.289 e. The number of nitro groups is 1. The van der Waals surface area contributed by atoms with Crippen LogP contribution in [0.5, 0.6) is 0 Å². The number of nitro benzene ring substituents is 1. The summed E-state index contributed by atoms with van der Waals surface area (Å²) in [7, 11) is 0. The monoisotopic (exact) mass is 337 g/mol. The van der Waals surface area contributed by atoms with Gasteiger partial charge in [-0.2, -0.15) is 0 Å². The van der Waals surface area contributed by atoms with Crippen LogP contribution in [0.3, 0.4) is 0 Å².